The van der Waals surface area contributed by atoms with Gasteiger partial charge in [0.2, 0.25) is 0 Å². The van der Waals surface area contributed by atoms with Crippen LogP contribution in [0.25, 0.3) is 0 Å². The molecule has 34 heavy (non-hydrogen) atoms. The van der Waals surface area contributed by atoms with E-state index in [2.05, 4.69) is 22.2 Å². The lowest BCUT2D eigenvalue weighted by molar-refractivity contribution is -0.200. The Morgan fingerprint density at radius 2 is 1.91 bits per heavy atom. The Labute approximate surface area is 203 Å². The topological polar surface area (TPSA) is 82.1 Å². The van der Waals surface area contributed by atoms with E-state index in [0.717, 1.165) is 44.6 Å². The average molecular weight is 472 g/mol. The van der Waals surface area contributed by atoms with Gasteiger partial charge in [-0.15, -0.1) is 0 Å². The minimum atomic E-state index is -1.07. The highest BCUT2D eigenvalue weighted by atomic mass is 16.5. The molecule has 0 spiro atoms. The average Bonchev–Trinajstić information content (AvgIpc) is 3.24. The SMILES string of the molecule is CN1CCCC1CCNC1CCC2C(=O)C(C(=O)O)=CN3C4CC5CCCCC5CC4OC1C23. The van der Waals surface area contributed by atoms with Crippen LogP contribution in [0.15, 0.2) is 11.8 Å². The van der Waals surface area contributed by atoms with Gasteiger partial charge in [0, 0.05) is 24.2 Å². The smallest absolute Gasteiger partial charge is 0.340 e. The van der Waals surface area contributed by atoms with E-state index >= 15 is 0 Å². The van der Waals surface area contributed by atoms with Crippen LogP contribution in [0, 0.1) is 17.8 Å². The maximum atomic E-state index is 13.2. The minimum Gasteiger partial charge on any atom is -0.478 e. The molecule has 0 aromatic carbocycles. The molecule has 0 aromatic rings. The Balaban J connectivity index is 1.24. The zero-order valence-corrected chi connectivity index (χ0v) is 20.5. The van der Waals surface area contributed by atoms with Crippen molar-refractivity contribution in [2.45, 2.75) is 107 Å². The molecular weight excluding hydrogens is 430 g/mol. The van der Waals surface area contributed by atoms with Gasteiger partial charge in [0.25, 0.3) is 0 Å². The Bertz CT molecular complexity index is 846. The van der Waals surface area contributed by atoms with Crippen molar-refractivity contribution in [1.29, 1.82) is 0 Å². The Morgan fingerprint density at radius 3 is 2.65 bits per heavy atom. The van der Waals surface area contributed by atoms with Gasteiger partial charge in [-0.3, -0.25) is 4.79 Å². The van der Waals surface area contributed by atoms with E-state index in [0.29, 0.717) is 12.0 Å². The Kier molecular flexibility index (Phi) is 6.23. The van der Waals surface area contributed by atoms with Crippen molar-refractivity contribution in [2.24, 2.45) is 17.8 Å². The number of carboxylic acid groups (broad SMARTS) is 1. The van der Waals surface area contributed by atoms with Gasteiger partial charge < -0.3 is 25.0 Å². The van der Waals surface area contributed by atoms with Gasteiger partial charge in [-0.2, -0.15) is 0 Å². The van der Waals surface area contributed by atoms with Crippen LogP contribution in [-0.4, -0.2) is 83.2 Å². The summed E-state index contributed by atoms with van der Waals surface area (Å²) >= 11 is 0. The molecule has 6 rings (SSSR count). The largest absolute Gasteiger partial charge is 0.478 e. The number of ether oxygens (including phenoxy) is 1. The number of carbonyl (C=O) groups excluding carboxylic acids is 1. The fraction of sp³-hybridized carbons (Fsp3) is 0.852. The van der Waals surface area contributed by atoms with Crippen LogP contribution >= 0.6 is 0 Å². The summed E-state index contributed by atoms with van der Waals surface area (Å²) in [6.07, 6.45) is 14.6. The number of carbonyl (C=O) groups is 2. The van der Waals surface area contributed by atoms with Crippen LogP contribution < -0.4 is 5.32 Å². The van der Waals surface area contributed by atoms with Crippen molar-refractivity contribution >= 4 is 11.8 Å². The fourth-order valence-corrected chi connectivity index (χ4v) is 8.46. The van der Waals surface area contributed by atoms with E-state index in [-0.39, 0.29) is 47.6 Å². The molecule has 0 aromatic heterocycles. The van der Waals surface area contributed by atoms with Gasteiger partial charge in [-0.25, -0.2) is 4.79 Å². The molecule has 3 heterocycles. The standard InChI is InChI=1S/C27H41N3O4/c1-29-12-4-7-18(29)10-11-28-21-9-8-19-24-26(21)34-23-14-17-6-3-2-5-16(17)13-22(23)30(24)15-20(25(19)31)27(32)33/h15-19,21-24,26,28H,2-14H2,1H3,(H,32,33). The zero-order chi connectivity index (χ0) is 23.4. The maximum absolute atomic E-state index is 13.2. The molecule has 5 fully saturated rings. The molecule has 9 unspecified atom stereocenters. The number of carboxylic acids is 1. The van der Waals surface area contributed by atoms with Crippen LogP contribution in [-0.2, 0) is 14.3 Å². The number of ketones is 1. The van der Waals surface area contributed by atoms with Gasteiger partial charge in [0.05, 0.1) is 24.3 Å². The van der Waals surface area contributed by atoms with E-state index in [1.807, 2.05) is 0 Å². The van der Waals surface area contributed by atoms with Crippen molar-refractivity contribution in [3.8, 4) is 0 Å². The Hall–Kier alpha value is -1.44. The number of hydrogen-bond donors (Lipinski definition) is 2. The first-order valence-electron chi connectivity index (χ1n) is 13.9. The van der Waals surface area contributed by atoms with Gasteiger partial charge >= 0.3 is 5.97 Å². The fourth-order valence-electron chi connectivity index (χ4n) is 8.46. The van der Waals surface area contributed by atoms with Gasteiger partial charge in [-0.1, -0.05) is 25.7 Å². The van der Waals surface area contributed by atoms with E-state index < -0.39 is 5.97 Å². The van der Waals surface area contributed by atoms with Crippen LogP contribution in [0.4, 0.5) is 0 Å². The highest BCUT2D eigenvalue weighted by molar-refractivity contribution is 6.18. The molecule has 3 aliphatic carbocycles. The van der Waals surface area contributed by atoms with Crippen LogP contribution in [0.1, 0.15) is 70.6 Å². The molecule has 6 aliphatic rings. The third-order valence-electron chi connectivity index (χ3n) is 10.2. The summed E-state index contributed by atoms with van der Waals surface area (Å²) in [4.78, 5) is 30.0. The van der Waals surface area contributed by atoms with E-state index in [4.69, 9.17) is 4.74 Å². The molecule has 9 atom stereocenters. The van der Waals surface area contributed by atoms with E-state index in [1.165, 1.54) is 45.1 Å². The molecule has 7 nitrogen and oxygen atoms in total. The number of hydrogen-bond acceptors (Lipinski definition) is 6. The summed E-state index contributed by atoms with van der Waals surface area (Å²) in [6.45, 7) is 2.17. The first kappa shape index (κ1) is 23.0. The second-order valence-corrected chi connectivity index (χ2v) is 11.9. The molecule has 0 radical (unpaired) electrons. The number of nitrogens with one attached hydrogen (secondary N) is 1. The van der Waals surface area contributed by atoms with Gasteiger partial charge in [-0.05, 0) is 76.9 Å². The lowest BCUT2D eigenvalue weighted by Crippen LogP contribution is -2.71. The number of fused-ring (bicyclic) bond motifs is 3. The number of nitrogens with zero attached hydrogens (tertiary/aromatic N) is 2. The number of likely N-dealkylation sites (tertiary alicyclic amines) is 1. The first-order valence-corrected chi connectivity index (χ1v) is 13.9. The summed E-state index contributed by atoms with van der Waals surface area (Å²) in [6, 6.07) is 1.07. The lowest BCUT2D eigenvalue weighted by Gasteiger charge is -2.60. The van der Waals surface area contributed by atoms with Crippen molar-refractivity contribution in [3.63, 3.8) is 0 Å². The van der Waals surface area contributed by atoms with Crippen molar-refractivity contribution < 1.29 is 19.4 Å². The van der Waals surface area contributed by atoms with Crippen LogP contribution in [0.5, 0.6) is 0 Å². The summed E-state index contributed by atoms with van der Waals surface area (Å²) in [5.41, 5.74) is -0.0119. The first-order chi connectivity index (χ1) is 16.5. The number of aliphatic carboxylic acids is 1. The van der Waals surface area contributed by atoms with Crippen molar-refractivity contribution in [2.75, 3.05) is 20.1 Å². The molecule has 2 N–H and O–H groups in total. The molecule has 3 saturated carbocycles. The molecule has 2 saturated heterocycles. The van der Waals surface area contributed by atoms with Gasteiger partial charge in [0.15, 0.2) is 5.78 Å². The monoisotopic (exact) mass is 471 g/mol. The predicted molar refractivity (Wildman–Crippen MR) is 128 cm³/mol. The predicted octanol–water partition coefficient (Wildman–Crippen LogP) is 2.80. The normalized spacial score (nSPS) is 44.1. The number of Topliss-reactive ketones (excluding diaryl/α,β-unsaturated/α-hetero) is 1. The Morgan fingerprint density at radius 1 is 1.12 bits per heavy atom. The molecular formula is C27H41N3O4. The summed E-state index contributed by atoms with van der Waals surface area (Å²) in [5.74, 6) is -0.0583. The second kappa shape index (κ2) is 9.21. The highest BCUT2D eigenvalue weighted by Gasteiger charge is 2.57. The minimum absolute atomic E-state index is 0.0119. The maximum Gasteiger partial charge on any atom is 0.340 e. The lowest BCUT2D eigenvalue weighted by atomic mass is 9.65. The number of morpholine rings is 1. The van der Waals surface area contributed by atoms with E-state index in [1.54, 1.807) is 6.20 Å². The molecule has 3 aliphatic heterocycles. The number of rotatable bonds is 5. The van der Waals surface area contributed by atoms with E-state index in [9.17, 15) is 14.7 Å². The summed E-state index contributed by atoms with van der Waals surface area (Å²) in [7, 11) is 2.23. The van der Waals surface area contributed by atoms with Crippen molar-refractivity contribution in [3.05, 3.63) is 11.8 Å². The molecule has 0 amide bonds. The van der Waals surface area contributed by atoms with Crippen LogP contribution in [0.2, 0.25) is 0 Å². The highest BCUT2D eigenvalue weighted by Crippen LogP contribution is 2.49. The van der Waals surface area contributed by atoms with Crippen molar-refractivity contribution in [1.82, 2.24) is 15.1 Å². The molecule has 0 bridgehead atoms. The zero-order valence-electron chi connectivity index (χ0n) is 20.5. The third kappa shape index (κ3) is 3.92. The van der Waals surface area contributed by atoms with Crippen LogP contribution in [0.3, 0.4) is 0 Å². The molecule has 7 heteroatoms. The summed E-state index contributed by atoms with van der Waals surface area (Å²) in [5, 5.41) is 13.6. The molecule has 188 valence electrons. The van der Waals surface area contributed by atoms with Gasteiger partial charge in [0.1, 0.15) is 5.57 Å². The quantitative estimate of drug-likeness (QED) is 0.597. The second-order valence-electron chi connectivity index (χ2n) is 11.9. The third-order valence-corrected chi connectivity index (χ3v) is 10.2. The summed E-state index contributed by atoms with van der Waals surface area (Å²) < 4.78 is 6.94.